The number of ketones is 1. The summed E-state index contributed by atoms with van der Waals surface area (Å²) in [7, 11) is 1.91. The van der Waals surface area contributed by atoms with E-state index in [1.165, 1.54) is 17.3 Å². The molecule has 2 aromatic rings. The lowest BCUT2D eigenvalue weighted by atomic mass is 9.99. The Bertz CT molecular complexity index is 661. The number of hydrogen-bond donors (Lipinski definition) is 0. The number of carbonyl (C=O) groups excluding carboxylic acids is 1. The van der Waals surface area contributed by atoms with E-state index in [2.05, 4.69) is 23.2 Å². The highest BCUT2D eigenvalue weighted by Crippen LogP contribution is 2.20. The van der Waals surface area contributed by atoms with Crippen LogP contribution in [0.1, 0.15) is 32.9 Å². The number of rotatable bonds is 4. The van der Waals surface area contributed by atoms with Gasteiger partial charge in [-0.25, -0.2) is 0 Å². The van der Waals surface area contributed by atoms with Crippen LogP contribution >= 0.6 is 11.8 Å². The van der Waals surface area contributed by atoms with Crippen LogP contribution in [0.3, 0.4) is 0 Å². The van der Waals surface area contributed by atoms with Crippen molar-refractivity contribution in [2.75, 3.05) is 5.75 Å². The molecule has 0 amide bonds. The molecule has 0 spiro atoms. The first-order valence-electron chi connectivity index (χ1n) is 6.50. The summed E-state index contributed by atoms with van der Waals surface area (Å²) in [4.78, 5) is 12.3. The van der Waals surface area contributed by atoms with Gasteiger partial charge in [0.1, 0.15) is 5.82 Å². The number of nitrogens with zero attached hydrogens (tertiary/aromatic N) is 3. The zero-order valence-electron chi connectivity index (χ0n) is 12.5. The average molecular weight is 289 g/mol. The summed E-state index contributed by atoms with van der Waals surface area (Å²) in [6.07, 6.45) is 0. The number of hydrogen-bond acceptors (Lipinski definition) is 4. The molecule has 106 valence electrons. The number of Topliss-reactive ketones (excluding diaryl/α,β-unsaturated/α-hetero) is 1. The number of carbonyl (C=O) groups is 1. The minimum Gasteiger partial charge on any atom is -0.309 e. The summed E-state index contributed by atoms with van der Waals surface area (Å²) in [5, 5.41) is 8.82. The summed E-state index contributed by atoms with van der Waals surface area (Å²) in [5.74, 6) is 1.37. The topological polar surface area (TPSA) is 47.8 Å². The molecule has 0 atom stereocenters. The number of aromatic nitrogens is 3. The predicted molar refractivity (Wildman–Crippen MR) is 81.4 cm³/mol. The second kappa shape index (κ2) is 5.79. The molecule has 0 saturated heterocycles. The molecule has 20 heavy (non-hydrogen) atoms. The van der Waals surface area contributed by atoms with Gasteiger partial charge in [-0.3, -0.25) is 4.79 Å². The third-order valence-corrected chi connectivity index (χ3v) is 4.55. The summed E-state index contributed by atoms with van der Waals surface area (Å²) in [6, 6.07) is 4.05. The molecule has 0 aliphatic carbocycles. The Morgan fingerprint density at radius 3 is 2.35 bits per heavy atom. The van der Waals surface area contributed by atoms with E-state index in [4.69, 9.17) is 0 Å². The number of aryl methyl sites for hydroxylation is 4. The Hall–Kier alpha value is -1.62. The molecular weight excluding hydrogens is 270 g/mol. The highest BCUT2D eigenvalue weighted by atomic mass is 32.2. The third kappa shape index (κ3) is 2.93. The van der Waals surface area contributed by atoms with Crippen molar-refractivity contribution in [1.29, 1.82) is 0 Å². The van der Waals surface area contributed by atoms with Crippen LogP contribution in [0, 0.1) is 27.7 Å². The van der Waals surface area contributed by atoms with Gasteiger partial charge in [0.05, 0.1) is 5.75 Å². The van der Waals surface area contributed by atoms with Gasteiger partial charge in [-0.2, -0.15) is 0 Å². The van der Waals surface area contributed by atoms with E-state index in [1.807, 2.05) is 38.5 Å². The molecule has 0 aliphatic heterocycles. The molecule has 0 fully saturated rings. The van der Waals surface area contributed by atoms with Crippen molar-refractivity contribution < 1.29 is 4.79 Å². The van der Waals surface area contributed by atoms with Crippen molar-refractivity contribution in [2.45, 2.75) is 32.9 Å². The summed E-state index contributed by atoms with van der Waals surface area (Å²) < 4.78 is 1.89. The van der Waals surface area contributed by atoms with Crippen LogP contribution in [0.5, 0.6) is 0 Å². The smallest absolute Gasteiger partial charge is 0.191 e. The first-order chi connectivity index (χ1) is 9.40. The Morgan fingerprint density at radius 2 is 1.75 bits per heavy atom. The lowest BCUT2D eigenvalue weighted by Gasteiger charge is -2.08. The van der Waals surface area contributed by atoms with Crippen molar-refractivity contribution in [2.24, 2.45) is 7.05 Å². The lowest BCUT2D eigenvalue weighted by molar-refractivity contribution is 0.102. The fourth-order valence-corrected chi connectivity index (χ4v) is 2.82. The van der Waals surface area contributed by atoms with Crippen LogP contribution in [0.15, 0.2) is 17.3 Å². The third-order valence-electron chi connectivity index (χ3n) is 3.53. The van der Waals surface area contributed by atoms with E-state index in [1.54, 1.807) is 0 Å². The van der Waals surface area contributed by atoms with Crippen LogP contribution < -0.4 is 0 Å². The molecule has 2 rings (SSSR count). The van der Waals surface area contributed by atoms with E-state index in [-0.39, 0.29) is 5.78 Å². The van der Waals surface area contributed by atoms with Gasteiger partial charge in [-0.1, -0.05) is 17.8 Å². The van der Waals surface area contributed by atoms with Crippen LogP contribution in [0.2, 0.25) is 0 Å². The Labute approximate surface area is 123 Å². The van der Waals surface area contributed by atoms with E-state index in [9.17, 15) is 4.79 Å². The van der Waals surface area contributed by atoms with Crippen molar-refractivity contribution in [3.05, 3.63) is 40.2 Å². The molecule has 0 aliphatic rings. The zero-order valence-corrected chi connectivity index (χ0v) is 13.3. The van der Waals surface area contributed by atoms with Gasteiger partial charge in [0.25, 0.3) is 0 Å². The first kappa shape index (κ1) is 14.8. The molecule has 1 aromatic carbocycles. The maximum absolute atomic E-state index is 12.3. The largest absolute Gasteiger partial charge is 0.309 e. The van der Waals surface area contributed by atoms with Gasteiger partial charge in [-0.05, 0) is 50.5 Å². The van der Waals surface area contributed by atoms with Gasteiger partial charge in [0, 0.05) is 12.6 Å². The second-order valence-corrected chi connectivity index (χ2v) is 5.99. The van der Waals surface area contributed by atoms with Crippen molar-refractivity contribution in [1.82, 2.24) is 14.8 Å². The lowest BCUT2D eigenvalue weighted by Crippen LogP contribution is -2.07. The van der Waals surface area contributed by atoms with E-state index in [0.717, 1.165) is 27.7 Å². The predicted octanol–water partition coefficient (Wildman–Crippen LogP) is 3.02. The summed E-state index contributed by atoms with van der Waals surface area (Å²) in [6.45, 7) is 7.97. The minimum absolute atomic E-state index is 0.135. The van der Waals surface area contributed by atoms with Gasteiger partial charge < -0.3 is 4.57 Å². The first-order valence-corrected chi connectivity index (χ1v) is 7.48. The quantitative estimate of drug-likeness (QED) is 0.641. The monoisotopic (exact) mass is 289 g/mol. The number of thioether (sulfide) groups is 1. The fourth-order valence-electron chi connectivity index (χ4n) is 1.98. The number of benzene rings is 1. The molecular formula is C15H19N3OS. The van der Waals surface area contributed by atoms with Gasteiger partial charge in [-0.15, -0.1) is 10.2 Å². The maximum atomic E-state index is 12.3. The standard InChI is InChI=1S/C15H19N3OS/c1-9-6-11(3)13(7-10(9)2)14(19)8-20-15-17-16-12(4)18(15)5/h6-7H,8H2,1-5H3. The highest BCUT2D eigenvalue weighted by Gasteiger charge is 2.13. The zero-order chi connectivity index (χ0) is 14.9. The normalized spacial score (nSPS) is 10.8. The van der Waals surface area contributed by atoms with Crippen molar-refractivity contribution >= 4 is 17.5 Å². The Morgan fingerprint density at radius 1 is 1.10 bits per heavy atom. The Balaban J connectivity index is 2.13. The molecule has 4 nitrogen and oxygen atoms in total. The molecule has 5 heteroatoms. The second-order valence-electron chi connectivity index (χ2n) is 5.05. The Kier molecular flexibility index (Phi) is 4.28. The average Bonchev–Trinajstić information content (AvgIpc) is 2.71. The van der Waals surface area contributed by atoms with Gasteiger partial charge in [0.2, 0.25) is 0 Å². The van der Waals surface area contributed by atoms with Crippen LogP contribution in [-0.2, 0) is 7.05 Å². The maximum Gasteiger partial charge on any atom is 0.191 e. The van der Waals surface area contributed by atoms with Crippen LogP contribution in [-0.4, -0.2) is 26.3 Å². The SMILES string of the molecule is Cc1cc(C)c(C(=O)CSc2nnc(C)n2C)cc1C. The molecule has 0 saturated carbocycles. The fraction of sp³-hybridized carbons (Fsp3) is 0.400. The van der Waals surface area contributed by atoms with Crippen molar-refractivity contribution in [3.63, 3.8) is 0 Å². The molecule has 0 unspecified atom stereocenters. The molecule has 0 radical (unpaired) electrons. The van der Waals surface area contributed by atoms with Crippen molar-refractivity contribution in [3.8, 4) is 0 Å². The highest BCUT2D eigenvalue weighted by molar-refractivity contribution is 7.99. The molecule has 0 N–H and O–H groups in total. The molecule has 1 heterocycles. The van der Waals surface area contributed by atoms with Crippen LogP contribution in [0.4, 0.5) is 0 Å². The summed E-state index contributed by atoms with van der Waals surface area (Å²) in [5.41, 5.74) is 4.21. The summed E-state index contributed by atoms with van der Waals surface area (Å²) >= 11 is 1.43. The van der Waals surface area contributed by atoms with E-state index in [0.29, 0.717) is 5.75 Å². The molecule has 0 bridgehead atoms. The van der Waals surface area contributed by atoms with E-state index < -0.39 is 0 Å². The van der Waals surface area contributed by atoms with Gasteiger partial charge >= 0.3 is 0 Å². The van der Waals surface area contributed by atoms with Gasteiger partial charge in [0.15, 0.2) is 10.9 Å². The molecule has 1 aromatic heterocycles. The van der Waals surface area contributed by atoms with Crippen LogP contribution in [0.25, 0.3) is 0 Å². The van der Waals surface area contributed by atoms with E-state index >= 15 is 0 Å². The minimum atomic E-state index is 0.135.